The third-order valence-electron chi connectivity index (χ3n) is 3.66. The van der Waals surface area contributed by atoms with Crippen LogP contribution in [0.25, 0.3) is 11.2 Å². The maximum absolute atomic E-state index is 13.1. The lowest BCUT2D eigenvalue weighted by molar-refractivity contribution is -0.286. The van der Waals surface area contributed by atoms with Crippen LogP contribution in [0.15, 0.2) is 36.5 Å². The minimum atomic E-state index is -3.68. The fourth-order valence-electron chi connectivity index (χ4n) is 2.52. The number of urea groups is 1. The number of ether oxygens (including phenoxy) is 2. The number of carbonyl (C=O) groups excluding carboxylic acids is 1. The molecule has 0 atom stereocenters. The Morgan fingerprint density at radius 3 is 2.71 bits per heavy atom. The predicted octanol–water partition coefficient (Wildman–Crippen LogP) is 3.23. The third kappa shape index (κ3) is 3.68. The van der Waals surface area contributed by atoms with Gasteiger partial charge in [-0.25, -0.2) is 19.7 Å². The molecule has 0 spiro atoms. The molecular weight excluding hydrogens is 374 g/mol. The van der Waals surface area contributed by atoms with E-state index in [-0.39, 0.29) is 17.5 Å². The van der Waals surface area contributed by atoms with Gasteiger partial charge in [-0.05, 0) is 31.2 Å². The SMILES string of the molecule is CCNC(=O)Nc1ccc2ncc(Nc3ccc4c(c3)OC(F)(F)O4)nc2n1. The van der Waals surface area contributed by atoms with E-state index in [2.05, 4.69) is 40.4 Å². The number of halogens is 2. The summed E-state index contributed by atoms with van der Waals surface area (Å²) >= 11 is 0. The molecule has 3 heterocycles. The number of rotatable bonds is 4. The van der Waals surface area contributed by atoms with Crippen LogP contribution in [-0.2, 0) is 0 Å². The molecule has 2 aromatic heterocycles. The van der Waals surface area contributed by atoms with Gasteiger partial charge in [-0.3, -0.25) is 5.32 Å². The number of carbonyl (C=O) groups is 1. The van der Waals surface area contributed by atoms with Gasteiger partial charge in [0.05, 0.1) is 6.20 Å². The molecule has 1 aliphatic rings. The molecule has 4 rings (SSSR count). The van der Waals surface area contributed by atoms with Crippen LogP contribution < -0.4 is 25.4 Å². The van der Waals surface area contributed by atoms with Crippen LogP contribution in [0.3, 0.4) is 0 Å². The van der Waals surface area contributed by atoms with E-state index < -0.39 is 6.29 Å². The number of alkyl halides is 2. The molecule has 2 amide bonds. The molecule has 9 nitrogen and oxygen atoms in total. The van der Waals surface area contributed by atoms with Gasteiger partial charge in [0.2, 0.25) is 0 Å². The van der Waals surface area contributed by atoms with Crippen LogP contribution in [0.2, 0.25) is 0 Å². The molecular formula is C17H14F2N6O3. The molecule has 144 valence electrons. The van der Waals surface area contributed by atoms with Gasteiger partial charge >= 0.3 is 12.3 Å². The lowest BCUT2D eigenvalue weighted by Gasteiger charge is -2.08. The van der Waals surface area contributed by atoms with Gasteiger partial charge in [0.1, 0.15) is 11.3 Å². The number of nitrogens with zero attached hydrogens (tertiary/aromatic N) is 3. The van der Waals surface area contributed by atoms with E-state index in [1.807, 2.05) is 0 Å². The molecule has 0 fully saturated rings. The van der Waals surface area contributed by atoms with Gasteiger partial charge in [-0.1, -0.05) is 0 Å². The largest absolute Gasteiger partial charge is 0.586 e. The van der Waals surface area contributed by atoms with Crippen molar-refractivity contribution in [1.82, 2.24) is 20.3 Å². The van der Waals surface area contributed by atoms with Gasteiger partial charge in [-0.15, -0.1) is 8.78 Å². The third-order valence-corrected chi connectivity index (χ3v) is 3.66. The first-order valence-corrected chi connectivity index (χ1v) is 8.27. The molecule has 1 aromatic carbocycles. The summed E-state index contributed by atoms with van der Waals surface area (Å²) in [6, 6.07) is 7.16. The second-order valence-corrected chi connectivity index (χ2v) is 5.73. The van der Waals surface area contributed by atoms with E-state index in [1.54, 1.807) is 19.1 Å². The van der Waals surface area contributed by atoms with E-state index in [1.165, 1.54) is 24.4 Å². The quantitative estimate of drug-likeness (QED) is 0.629. The molecule has 0 bridgehead atoms. The fraction of sp³-hybridized carbons (Fsp3) is 0.176. The van der Waals surface area contributed by atoms with E-state index in [0.717, 1.165) is 0 Å². The Bertz CT molecular complexity index is 1060. The van der Waals surface area contributed by atoms with Crippen LogP contribution in [0.1, 0.15) is 6.92 Å². The summed E-state index contributed by atoms with van der Waals surface area (Å²) in [6.45, 7) is 2.28. The zero-order valence-corrected chi connectivity index (χ0v) is 14.5. The lowest BCUT2D eigenvalue weighted by Crippen LogP contribution is -2.28. The van der Waals surface area contributed by atoms with Crippen molar-refractivity contribution in [3.8, 4) is 11.5 Å². The molecule has 0 radical (unpaired) electrons. The zero-order chi connectivity index (χ0) is 19.7. The van der Waals surface area contributed by atoms with E-state index in [4.69, 9.17) is 0 Å². The van der Waals surface area contributed by atoms with E-state index in [0.29, 0.717) is 35.0 Å². The highest BCUT2D eigenvalue weighted by Crippen LogP contribution is 2.42. The highest BCUT2D eigenvalue weighted by Gasteiger charge is 2.43. The number of nitrogens with one attached hydrogen (secondary N) is 3. The first-order valence-electron chi connectivity index (χ1n) is 8.27. The Morgan fingerprint density at radius 1 is 1.11 bits per heavy atom. The first-order chi connectivity index (χ1) is 13.4. The summed E-state index contributed by atoms with van der Waals surface area (Å²) in [4.78, 5) is 24.4. The van der Waals surface area contributed by atoms with Crippen molar-refractivity contribution in [2.24, 2.45) is 0 Å². The van der Waals surface area contributed by atoms with Crippen molar-refractivity contribution >= 4 is 34.5 Å². The van der Waals surface area contributed by atoms with Crippen molar-refractivity contribution in [2.45, 2.75) is 13.2 Å². The topological polar surface area (TPSA) is 110 Å². The number of aromatic nitrogens is 3. The number of amides is 2. The van der Waals surface area contributed by atoms with Crippen molar-refractivity contribution in [2.75, 3.05) is 17.2 Å². The van der Waals surface area contributed by atoms with Crippen LogP contribution >= 0.6 is 0 Å². The van der Waals surface area contributed by atoms with Gasteiger partial charge in [0.25, 0.3) is 0 Å². The molecule has 11 heteroatoms. The van der Waals surface area contributed by atoms with Crippen molar-refractivity contribution in [3.63, 3.8) is 0 Å². The predicted molar refractivity (Wildman–Crippen MR) is 96.0 cm³/mol. The van der Waals surface area contributed by atoms with Crippen LogP contribution in [0.5, 0.6) is 11.5 Å². The summed E-state index contributed by atoms with van der Waals surface area (Å²) in [5.41, 5.74) is 1.27. The number of fused-ring (bicyclic) bond motifs is 2. The maximum atomic E-state index is 13.1. The average molecular weight is 388 g/mol. The standard InChI is InChI=1S/C17H14F2N6O3/c1-2-20-16(26)25-13-6-4-10-15(23-13)24-14(8-21-10)22-9-3-5-11-12(7-9)28-17(18,19)27-11/h3-8H,2H2,1H3,(H3,20,22,23,24,25,26). The smallest absolute Gasteiger partial charge is 0.395 e. The summed E-state index contributed by atoms with van der Waals surface area (Å²) in [7, 11) is 0. The van der Waals surface area contributed by atoms with Crippen LogP contribution in [0, 0.1) is 0 Å². The zero-order valence-electron chi connectivity index (χ0n) is 14.5. The Kier molecular flexibility index (Phi) is 4.26. The Balaban J connectivity index is 1.55. The lowest BCUT2D eigenvalue weighted by atomic mass is 10.3. The molecule has 28 heavy (non-hydrogen) atoms. The average Bonchev–Trinajstić information content (AvgIpc) is 2.94. The molecule has 0 saturated carbocycles. The normalized spacial score (nSPS) is 14.0. The van der Waals surface area contributed by atoms with Crippen LogP contribution in [-0.4, -0.2) is 33.8 Å². The number of hydrogen-bond acceptors (Lipinski definition) is 7. The van der Waals surface area contributed by atoms with Crippen LogP contribution in [0.4, 0.5) is 30.9 Å². The van der Waals surface area contributed by atoms with Crippen molar-refractivity contribution < 1.29 is 23.0 Å². The summed E-state index contributed by atoms with van der Waals surface area (Å²) < 4.78 is 35.0. The van der Waals surface area contributed by atoms with Gasteiger partial charge in [-0.2, -0.15) is 0 Å². The molecule has 0 aliphatic carbocycles. The highest BCUT2D eigenvalue weighted by atomic mass is 19.3. The van der Waals surface area contributed by atoms with Gasteiger partial charge in [0.15, 0.2) is 23.0 Å². The second-order valence-electron chi connectivity index (χ2n) is 5.73. The highest BCUT2D eigenvalue weighted by molar-refractivity contribution is 5.89. The Labute approximate surface area is 157 Å². The molecule has 0 saturated heterocycles. The maximum Gasteiger partial charge on any atom is 0.586 e. The first kappa shape index (κ1) is 17.6. The van der Waals surface area contributed by atoms with Gasteiger partial charge < -0.3 is 20.1 Å². The number of benzene rings is 1. The summed E-state index contributed by atoms with van der Waals surface area (Å²) in [5, 5.41) is 8.13. The van der Waals surface area contributed by atoms with Crippen molar-refractivity contribution in [3.05, 3.63) is 36.5 Å². The van der Waals surface area contributed by atoms with E-state index in [9.17, 15) is 13.6 Å². The number of hydrogen-bond donors (Lipinski definition) is 3. The monoisotopic (exact) mass is 388 g/mol. The molecule has 3 aromatic rings. The van der Waals surface area contributed by atoms with Gasteiger partial charge in [0, 0.05) is 18.3 Å². The Hall–Kier alpha value is -3.76. The minimum absolute atomic E-state index is 0.0529. The Morgan fingerprint density at radius 2 is 1.89 bits per heavy atom. The molecule has 0 unspecified atom stereocenters. The number of anilines is 3. The second kappa shape index (κ2) is 6.76. The summed E-state index contributed by atoms with van der Waals surface area (Å²) in [6.07, 6.45) is -2.21. The van der Waals surface area contributed by atoms with E-state index >= 15 is 0 Å². The fourth-order valence-corrected chi connectivity index (χ4v) is 2.52. The number of pyridine rings is 1. The molecule has 3 N–H and O–H groups in total. The van der Waals surface area contributed by atoms with Crippen molar-refractivity contribution in [1.29, 1.82) is 0 Å². The minimum Gasteiger partial charge on any atom is -0.395 e. The molecule has 1 aliphatic heterocycles. The summed E-state index contributed by atoms with van der Waals surface area (Å²) in [5.74, 6) is 0.508.